The molecule has 0 atom stereocenters. The molecule has 0 radical (unpaired) electrons. The number of para-hydroxylation sites is 3. The quantitative estimate of drug-likeness (QED) is 0.152. The number of rotatable bonds is 5. The van der Waals surface area contributed by atoms with E-state index < -0.39 is 0 Å². The van der Waals surface area contributed by atoms with Gasteiger partial charge in [0.1, 0.15) is 33.5 Å². The second-order valence-electron chi connectivity index (χ2n) is 22.3. The van der Waals surface area contributed by atoms with Crippen LogP contribution >= 0.6 is 23.2 Å². The molecule has 11 aromatic carbocycles. The van der Waals surface area contributed by atoms with Crippen molar-refractivity contribution < 1.29 is 22.6 Å². The first kappa shape index (κ1) is 55.1. The molecular weight excluding hydrogens is 1120 g/mol. The smallest absolute Gasteiger partial charge is 0.455 e. The first-order chi connectivity index (χ1) is 41.9. The van der Waals surface area contributed by atoms with Crippen molar-refractivity contribution in [3.05, 3.63) is 235 Å². The molecule has 1 aliphatic rings. The molecule has 1 saturated heterocycles. The van der Waals surface area contributed by atoms with Crippen molar-refractivity contribution in [2.24, 2.45) is 0 Å². The Balaban J connectivity index is 0.000000136. The maximum atomic E-state index is 6.30. The molecule has 0 N–H and O–H groups in total. The monoisotopic (exact) mass is 1170 g/mol. The van der Waals surface area contributed by atoms with Gasteiger partial charge in [-0.1, -0.05) is 171 Å². The Kier molecular flexibility index (Phi) is 13.9. The zero-order valence-corrected chi connectivity index (χ0v) is 48.4. The second kappa shape index (κ2) is 21.9. The van der Waals surface area contributed by atoms with E-state index in [0.29, 0.717) is 23.3 Å². The molecule has 14 heteroatoms. The molecule has 0 saturated carbocycles. The lowest BCUT2D eigenvalue weighted by atomic mass is 9.78. The summed E-state index contributed by atoms with van der Waals surface area (Å²) in [5.74, 6) is 2.34. The number of benzene rings is 11. The standard InChI is InChI=1S/C41H23N3O2.C22H21BO3.C9H5Cl2N3.CH4/c1-2-8-24(9-3-1)39-42-40(27-16-18-29-25(22-27)14-20-33-31-10-4-6-12-35(31)45-37(29)33)44-41(43-39)28-17-19-30-26(23-28)15-21-34-32-11-5-7-13-36(32)46-38(30)34;1-21(2)22(3,4)26-23(25-21)15-10-12-16-14(13-15)9-11-18-17-7-5-6-8-19(17)24-20(16)18;10-8-12-7(13-9(11)14-8)6-4-2-1-3-5-6;/h1-23H;5-13H,1-4H3;1-5H;1H4. The Bertz CT molecular complexity index is 5110. The lowest BCUT2D eigenvalue weighted by molar-refractivity contribution is 0.00578. The number of fused-ring (bicyclic) bond motifs is 15. The van der Waals surface area contributed by atoms with Crippen LogP contribution in [0.25, 0.3) is 144 Å². The topological polar surface area (TPSA) is 135 Å². The molecule has 1 aliphatic heterocycles. The van der Waals surface area contributed by atoms with Crippen LogP contribution in [-0.4, -0.2) is 48.2 Å². The van der Waals surface area contributed by atoms with Crippen LogP contribution in [0.1, 0.15) is 35.1 Å². The summed E-state index contributed by atoms with van der Waals surface area (Å²) in [5, 5.41) is 13.4. The van der Waals surface area contributed by atoms with Crippen molar-refractivity contribution in [2.45, 2.75) is 46.3 Å². The molecule has 1 fully saturated rings. The predicted molar refractivity (Wildman–Crippen MR) is 355 cm³/mol. The maximum absolute atomic E-state index is 6.30. The molecule has 0 unspecified atom stereocenters. The third-order valence-electron chi connectivity index (χ3n) is 16.4. The van der Waals surface area contributed by atoms with Gasteiger partial charge in [0.25, 0.3) is 0 Å². The molecule has 11 nitrogen and oxygen atoms in total. The van der Waals surface area contributed by atoms with Crippen molar-refractivity contribution in [1.82, 2.24) is 29.9 Å². The van der Waals surface area contributed by atoms with Gasteiger partial charge in [-0.05, 0) is 133 Å². The number of hydrogen-bond acceptors (Lipinski definition) is 11. The van der Waals surface area contributed by atoms with Gasteiger partial charge in [-0.25, -0.2) is 15.0 Å². The highest BCUT2D eigenvalue weighted by Gasteiger charge is 2.51. The number of hydrogen-bond donors (Lipinski definition) is 0. The van der Waals surface area contributed by atoms with Crippen LogP contribution in [0, 0.1) is 0 Å². The largest absolute Gasteiger partial charge is 0.494 e. The Hall–Kier alpha value is -9.82. The molecule has 16 aromatic rings. The summed E-state index contributed by atoms with van der Waals surface area (Å²) in [6, 6.07) is 75.8. The van der Waals surface area contributed by atoms with E-state index in [9.17, 15) is 0 Å². The van der Waals surface area contributed by atoms with Crippen molar-refractivity contribution in [2.75, 3.05) is 0 Å². The highest BCUT2D eigenvalue weighted by atomic mass is 35.5. The number of halogens is 2. The van der Waals surface area contributed by atoms with E-state index in [1.54, 1.807) is 0 Å². The summed E-state index contributed by atoms with van der Waals surface area (Å²) in [6.45, 7) is 8.30. The fourth-order valence-electron chi connectivity index (χ4n) is 11.3. The van der Waals surface area contributed by atoms with Gasteiger partial charge in [-0.15, -0.1) is 0 Å². The minimum atomic E-state index is -0.351. The Morgan fingerprint density at radius 1 is 0.310 bits per heavy atom. The molecule has 87 heavy (non-hydrogen) atoms. The van der Waals surface area contributed by atoms with Crippen molar-refractivity contribution >= 4 is 134 Å². The van der Waals surface area contributed by atoms with Crippen LogP contribution in [0.4, 0.5) is 0 Å². The maximum Gasteiger partial charge on any atom is 0.494 e. The lowest BCUT2D eigenvalue weighted by Gasteiger charge is -2.32. The van der Waals surface area contributed by atoms with Crippen LogP contribution in [0.5, 0.6) is 0 Å². The molecule has 5 aromatic heterocycles. The van der Waals surface area contributed by atoms with Gasteiger partial charge < -0.3 is 22.6 Å². The van der Waals surface area contributed by atoms with E-state index in [1.807, 2.05) is 115 Å². The summed E-state index contributed by atoms with van der Waals surface area (Å²) >= 11 is 11.3. The molecule has 0 amide bonds. The molecular formula is C73H53BCl2N6O5. The minimum absolute atomic E-state index is 0. The molecule has 0 aliphatic carbocycles. The Morgan fingerprint density at radius 2 is 0.644 bits per heavy atom. The van der Waals surface area contributed by atoms with Crippen molar-refractivity contribution in [3.63, 3.8) is 0 Å². The zero-order valence-electron chi connectivity index (χ0n) is 46.9. The van der Waals surface area contributed by atoms with Crippen LogP contribution in [0.2, 0.25) is 10.6 Å². The van der Waals surface area contributed by atoms with Gasteiger partial charge >= 0.3 is 7.12 Å². The number of aromatic nitrogens is 6. The molecule has 0 bridgehead atoms. The Morgan fingerprint density at radius 3 is 1.06 bits per heavy atom. The van der Waals surface area contributed by atoms with Crippen LogP contribution in [0.15, 0.2) is 238 Å². The van der Waals surface area contributed by atoms with Gasteiger partial charge in [0.15, 0.2) is 23.3 Å². The number of nitrogens with zero attached hydrogens (tertiary/aromatic N) is 6. The molecule has 0 spiro atoms. The average Bonchev–Trinajstić information content (AvgIpc) is 3.34. The van der Waals surface area contributed by atoms with Crippen molar-refractivity contribution in [3.8, 4) is 45.6 Å². The fourth-order valence-corrected chi connectivity index (χ4v) is 11.7. The summed E-state index contributed by atoms with van der Waals surface area (Å²) in [5.41, 5.74) is 9.39. The van der Waals surface area contributed by atoms with E-state index >= 15 is 0 Å². The molecule has 17 rings (SSSR count). The highest BCUT2D eigenvalue weighted by molar-refractivity contribution is 6.62. The van der Waals surface area contributed by atoms with Gasteiger partial charge in [-0.3, -0.25) is 0 Å². The van der Waals surface area contributed by atoms with Gasteiger partial charge in [-0.2, -0.15) is 15.0 Å². The van der Waals surface area contributed by atoms with Gasteiger partial charge in [0.2, 0.25) is 10.6 Å². The summed E-state index contributed by atoms with van der Waals surface area (Å²) < 4.78 is 31.1. The summed E-state index contributed by atoms with van der Waals surface area (Å²) in [4.78, 5) is 26.6. The minimum Gasteiger partial charge on any atom is -0.455 e. The summed E-state index contributed by atoms with van der Waals surface area (Å²) in [6.07, 6.45) is 0. The van der Waals surface area contributed by atoms with Crippen LogP contribution in [0.3, 0.4) is 0 Å². The third-order valence-corrected chi connectivity index (χ3v) is 16.8. The van der Waals surface area contributed by atoms with E-state index in [4.69, 9.17) is 60.7 Å². The van der Waals surface area contributed by atoms with Gasteiger partial charge in [0.05, 0.1) is 11.2 Å². The molecule has 6 heterocycles. The summed E-state index contributed by atoms with van der Waals surface area (Å²) in [7, 11) is -0.351. The van der Waals surface area contributed by atoms with E-state index in [2.05, 4.69) is 152 Å². The lowest BCUT2D eigenvalue weighted by Crippen LogP contribution is -2.41. The number of furan rings is 3. The second-order valence-corrected chi connectivity index (χ2v) is 23.0. The average molecular weight is 1180 g/mol. The Labute approximate surface area is 510 Å². The van der Waals surface area contributed by atoms with E-state index in [0.717, 1.165) is 126 Å². The van der Waals surface area contributed by atoms with E-state index in [-0.39, 0.29) is 36.3 Å². The van der Waals surface area contributed by atoms with E-state index in [1.165, 1.54) is 0 Å². The molecule has 422 valence electrons. The van der Waals surface area contributed by atoms with Crippen molar-refractivity contribution in [1.29, 1.82) is 0 Å². The third kappa shape index (κ3) is 10.1. The SMILES string of the molecule is C.CC1(C)OB(c2ccc3c(ccc4c5ccccc5oc34)c2)OC1(C)C.Clc1nc(Cl)nc(-c2ccccc2)n1.c1ccc(-c2nc(-c3ccc4c(ccc5c6ccccc6oc45)c3)nc(-c3ccc4c(ccc5c6ccccc6oc45)c3)n2)cc1. The first-order valence-corrected chi connectivity index (χ1v) is 29.0. The van der Waals surface area contributed by atoms with Gasteiger partial charge in [0, 0.05) is 70.7 Å². The first-order valence-electron chi connectivity index (χ1n) is 28.2. The zero-order chi connectivity index (χ0) is 58.3. The normalized spacial score (nSPS) is 13.6. The van der Waals surface area contributed by atoms with Crippen LogP contribution in [-0.2, 0) is 9.31 Å². The van der Waals surface area contributed by atoms with Crippen LogP contribution < -0.4 is 5.46 Å². The fraction of sp³-hybridized carbons (Fsp3) is 0.0959. The predicted octanol–water partition coefficient (Wildman–Crippen LogP) is 19.5. The highest BCUT2D eigenvalue weighted by Crippen LogP contribution is 2.40.